The zero-order valence-corrected chi connectivity index (χ0v) is 24.8. The molecule has 212 valence electrons. The third-order valence-electron chi connectivity index (χ3n) is 6.82. The van der Waals surface area contributed by atoms with Gasteiger partial charge in [-0.25, -0.2) is 4.68 Å². The van der Waals surface area contributed by atoms with E-state index in [4.69, 9.17) is 21.4 Å². The average Bonchev–Trinajstić information content (AvgIpc) is 3.30. The molecule has 0 fully saturated rings. The number of amides is 2. The number of carbonyl (C=O) groups excluding carboxylic acids is 2. The van der Waals surface area contributed by atoms with Gasteiger partial charge < -0.3 is 15.0 Å². The van der Waals surface area contributed by atoms with Crippen molar-refractivity contribution in [2.75, 3.05) is 51.5 Å². The standard InChI is InChI=1S/C31H32ClN5O3S/c1-35(2)18-17-33-26(38)19-36-27(39)20-41-30(22-13-7-10-16-25(22)40-3)28-29(21-11-5-4-6-12-21)34-37(31(28)36)24-15-9-8-14-23(24)32/h4-16,30H,17-20H2,1-3H3,(H,33,38). The van der Waals surface area contributed by atoms with E-state index in [0.29, 0.717) is 41.1 Å². The number of fused-ring (bicyclic) bond motifs is 1. The summed E-state index contributed by atoms with van der Waals surface area (Å²) in [5.41, 5.74) is 3.94. The number of ether oxygens (including phenoxy) is 1. The van der Waals surface area contributed by atoms with Crippen molar-refractivity contribution in [1.82, 2.24) is 20.0 Å². The van der Waals surface area contributed by atoms with Gasteiger partial charge in [-0.1, -0.05) is 72.3 Å². The number of thioether (sulfide) groups is 1. The molecule has 1 unspecified atom stereocenters. The molecule has 5 rings (SSSR count). The van der Waals surface area contributed by atoms with Crippen LogP contribution >= 0.6 is 23.4 Å². The van der Waals surface area contributed by atoms with Gasteiger partial charge in [0.1, 0.15) is 18.1 Å². The number of likely N-dealkylation sites (N-methyl/N-ethyl adjacent to an activating group) is 1. The molecule has 2 amide bonds. The normalized spacial score (nSPS) is 15.0. The first kappa shape index (κ1) is 28.7. The van der Waals surface area contributed by atoms with Gasteiger partial charge in [0, 0.05) is 29.8 Å². The van der Waals surface area contributed by atoms with E-state index in [-0.39, 0.29) is 29.4 Å². The fourth-order valence-corrected chi connectivity index (χ4v) is 6.31. The van der Waals surface area contributed by atoms with E-state index in [2.05, 4.69) is 5.32 Å². The average molecular weight is 590 g/mol. The van der Waals surface area contributed by atoms with Gasteiger partial charge in [-0.2, -0.15) is 5.10 Å². The van der Waals surface area contributed by atoms with E-state index in [9.17, 15) is 9.59 Å². The lowest BCUT2D eigenvalue weighted by Crippen LogP contribution is -2.43. The maximum absolute atomic E-state index is 13.9. The molecule has 2 heterocycles. The molecule has 0 radical (unpaired) electrons. The monoisotopic (exact) mass is 589 g/mol. The topological polar surface area (TPSA) is 79.7 Å². The molecule has 0 saturated carbocycles. The number of nitrogens with one attached hydrogen (secondary N) is 1. The number of benzene rings is 3. The minimum absolute atomic E-state index is 0.150. The molecule has 0 bridgehead atoms. The Bertz CT molecular complexity index is 1540. The third-order valence-corrected chi connectivity index (χ3v) is 8.38. The summed E-state index contributed by atoms with van der Waals surface area (Å²) in [4.78, 5) is 30.6. The Morgan fingerprint density at radius 2 is 1.78 bits per heavy atom. The van der Waals surface area contributed by atoms with Crippen molar-refractivity contribution in [3.63, 3.8) is 0 Å². The summed E-state index contributed by atoms with van der Waals surface area (Å²) in [6.07, 6.45) is 0. The Hall–Kier alpha value is -3.79. The van der Waals surface area contributed by atoms with Gasteiger partial charge >= 0.3 is 0 Å². The van der Waals surface area contributed by atoms with Gasteiger partial charge in [0.2, 0.25) is 11.8 Å². The van der Waals surface area contributed by atoms with Crippen LogP contribution in [0, 0.1) is 0 Å². The van der Waals surface area contributed by atoms with Crippen molar-refractivity contribution >= 4 is 41.0 Å². The summed E-state index contributed by atoms with van der Waals surface area (Å²) >= 11 is 8.21. The van der Waals surface area contributed by atoms with Gasteiger partial charge in [-0.3, -0.25) is 14.5 Å². The number of rotatable bonds is 9. The van der Waals surface area contributed by atoms with Crippen molar-refractivity contribution in [2.45, 2.75) is 5.25 Å². The van der Waals surface area contributed by atoms with Crippen LogP contribution in [0.4, 0.5) is 5.82 Å². The Morgan fingerprint density at radius 1 is 1.07 bits per heavy atom. The molecule has 10 heteroatoms. The lowest BCUT2D eigenvalue weighted by Gasteiger charge is -2.24. The van der Waals surface area contributed by atoms with E-state index in [0.717, 1.165) is 16.7 Å². The number of anilines is 1. The second-order valence-electron chi connectivity index (χ2n) is 9.88. The minimum atomic E-state index is -0.307. The maximum atomic E-state index is 13.9. The predicted molar refractivity (Wildman–Crippen MR) is 165 cm³/mol. The molecule has 1 aliphatic heterocycles. The van der Waals surface area contributed by atoms with Gasteiger partial charge in [0.15, 0.2) is 0 Å². The van der Waals surface area contributed by atoms with Crippen LogP contribution in [0.5, 0.6) is 5.75 Å². The molecular formula is C31H32ClN5O3S. The minimum Gasteiger partial charge on any atom is -0.496 e. The van der Waals surface area contributed by atoms with E-state index in [1.165, 1.54) is 11.8 Å². The summed E-state index contributed by atoms with van der Waals surface area (Å²) in [5, 5.41) is 8.21. The second-order valence-corrected chi connectivity index (χ2v) is 11.4. The number of carbonyl (C=O) groups is 2. The highest BCUT2D eigenvalue weighted by molar-refractivity contribution is 8.00. The highest BCUT2D eigenvalue weighted by atomic mass is 35.5. The van der Waals surface area contributed by atoms with E-state index >= 15 is 0 Å². The SMILES string of the molecule is COc1ccccc1C1SCC(=O)N(CC(=O)NCCN(C)C)c2c1c(-c1ccccc1)nn2-c1ccccc1Cl. The predicted octanol–water partition coefficient (Wildman–Crippen LogP) is 5.05. The highest BCUT2D eigenvalue weighted by Gasteiger charge is 2.38. The van der Waals surface area contributed by atoms with E-state index < -0.39 is 0 Å². The summed E-state index contributed by atoms with van der Waals surface area (Å²) < 4.78 is 7.47. The van der Waals surface area contributed by atoms with Gasteiger partial charge in [-0.05, 0) is 32.3 Å². The molecule has 4 aromatic rings. The molecule has 41 heavy (non-hydrogen) atoms. The van der Waals surface area contributed by atoms with Crippen LogP contribution in [0.1, 0.15) is 16.4 Å². The summed E-state index contributed by atoms with van der Waals surface area (Å²) in [6.45, 7) is 1.01. The molecule has 0 aliphatic carbocycles. The molecule has 1 aromatic heterocycles. The first-order chi connectivity index (χ1) is 19.9. The van der Waals surface area contributed by atoms with Crippen LogP contribution in [0.3, 0.4) is 0 Å². The first-order valence-electron chi connectivity index (χ1n) is 13.3. The Labute approximate surface area is 249 Å². The van der Waals surface area contributed by atoms with Crippen LogP contribution in [0.15, 0.2) is 78.9 Å². The summed E-state index contributed by atoms with van der Waals surface area (Å²) in [5.74, 6) is 0.955. The number of nitrogens with zero attached hydrogens (tertiary/aromatic N) is 4. The van der Waals surface area contributed by atoms with Crippen LogP contribution in [-0.4, -0.2) is 73.1 Å². The number of methoxy groups -OCH3 is 1. The molecule has 0 saturated heterocycles. The summed E-state index contributed by atoms with van der Waals surface area (Å²) in [6, 6.07) is 25.0. The molecule has 1 N–H and O–H groups in total. The lowest BCUT2D eigenvalue weighted by molar-refractivity contribution is -0.122. The Morgan fingerprint density at radius 3 is 2.51 bits per heavy atom. The molecule has 0 spiro atoms. The lowest BCUT2D eigenvalue weighted by atomic mass is 9.99. The number of hydrogen-bond donors (Lipinski definition) is 1. The molecule has 8 nitrogen and oxygen atoms in total. The fourth-order valence-electron chi connectivity index (χ4n) is 4.87. The van der Waals surface area contributed by atoms with Crippen LogP contribution in [0.25, 0.3) is 16.9 Å². The van der Waals surface area contributed by atoms with E-state index in [1.54, 1.807) is 22.8 Å². The first-order valence-corrected chi connectivity index (χ1v) is 14.7. The van der Waals surface area contributed by atoms with Crippen molar-refractivity contribution < 1.29 is 14.3 Å². The molecule has 1 atom stereocenters. The zero-order chi connectivity index (χ0) is 28.9. The van der Waals surface area contributed by atoms with Crippen LogP contribution in [0.2, 0.25) is 5.02 Å². The van der Waals surface area contributed by atoms with Gasteiger partial charge in [0.25, 0.3) is 0 Å². The van der Waals surface area contributed by atoms with Crippen molar-refractivity contribution in [2.24, 2.45) is 0 Å². The molecule has 1 aliphatic rings. The quantitative estimate of drug-likeness (QED) is 0.294. The van der Waals surface area contributed by atoms with Gasteiger partial charge in [-0.15, -0.1) is 11.8 Å². The Balaban J connectivity index is 1.75. The number of para-hydroxylation sites is 2. The molecule has 3 aromatic carbocycles. The van der Waals surface area contributed by atoms with Crippen LogP contribution in [-0.2, 0) is 9.59 Å². The van der Waals surface area contributed by atoms with Crippen LogP contribution < -0.4 is 15.0 Å². The van der Waals surface area contributed by atoms with Crippen molar-refractivity contribution in [3.05, 3.63) is 95.0 Å². The van der Waals surface area contributed by atoms with E-state index in [1.807, 2.05) is 91.8 Å². The maximum Gasteiger partial charge on any atom is 0.240 e. The zero-order valence-electron chi connectivity index (χ0n) is 23.2. The largest absolute Gasteiger partial charge is 0.496 e. The number of aromatic nitrogens is 2. The smallest absolute Gasteiger partial charge is 0.240 e. The fraction of sp³-hybridized carbons (Fsp3) is 0.258. The molecular weight excluding hydrogens is 558 g/mol. The number of hydrogen-bond acceptors (Lipinski definition) is 6. The Kier molecular flexibility index (Phi) is 8.97. The number of halogens is 1. The van der Waals surface area contributed by atoms with Crippen molar-refractivity contribution in [1.29, 1.82) is 0 Å². The van der Waals surface area contributed by atoms with Gasteiger partial charge in [0.05, 0.1) is 34.5 Å². The summed E-state index contributed by atoms with van der Waals surface area (Å²) in [7, 11) is 5.53. The third kappa shape index (κ3) is 6.12. The second kappa shape index (κ2) is 12.8. The highest BCUT2D eigenvalue weighted by Crippen LogP contribution is 2.50. The van der Waals surface area contributed by atoms with Crippen molar-refractivity contribution in [3.8, 4) is 22.7 Å².